The van der Waals surface area contributed by atoms with Crippen molar-refractivity contribution in [3.63, 3.8) is 0 Å². The first-order valence-corrected chi connectivity index (χ1v) is 9.37. The van der Waals surface area contributed by atoms with Gasteiger partial charge in [0.05, 0.1) is 9.40 Å². The van der Waals surface area contributed by atoms with Gasteiger partial charge in [-0.05, 0) is 52.0 Å². The Morgan fingerprint density at radius 2 is 1.96 bits per heavy atom. The summed E-state index contributed by atoms with van der Waals surface area (Å²) in [6.07, 6.45) is 1.01. The fourth-order valence-electron chi connectivity index (χ4n) is 2.32. The zero-order valence-electron chi connectivity index (χ0n) is 15.4. The lowest BCUT2D eigenvalue weighted by Gasteiger charge is -2.13. The van der Waals surface area contributed by atoms with Gasteiger partial charge < -0.3 is 4.74 Å². The maximum absolute atomic E-state index is 12.0. The number of rotatable bonds is 7. The largest absolute Gasteiger partial charge is 0.483 e. The third kappa shape index (κ3) is 5.78. The summed E-state index contributed by atoms with van der Waals surface area (Å²) in [6.45, 7) is 3.92. The van der Waals surface area contributed by atoms with E-state index < -0.39 is 16.7 Å². The number of nitrogens with one attached hydrogen (secondary N) is 2. The standard InChI is InChI=1S/C19H20BrN3O5/c1-3-12(2)13-7-8-17(16(20)10-13)28-11-18(24)21-22-19(25)14-5-4-6-15(9-14)23(26)27/h4-10,12H,3,11H2,1-2H3,(H,21,24)(H,22,25). The number of hydrogen-bond donors (Lipinski definition) is 2. The molecule has 2 rings (SSSR count). The summed E-state index contributed by atoms with van der Waals surface area (Å²) in [6, 6.07) is 10.9. The van der Waals surface area contributed by atoms with Crippen LogP contribution in [-0.2, 0) is 4.79 Å². The molecule has 2 N–H and O–H groups in total. The van der Waals surface area contributed by atoms with Crippen molar-refractivity contribution in [1.82, 2.24) is 10.9 Å². The second kappa shape index (κ2) is 9.84. The quantitative estimate of drug-likeness (QED) is 0.494. The Labute approximate surface area is 170 Å². The van der Waals surface area contributed by atoms with Gasteiger partial charge in [-0.25, -0.2) is 0 Å². The number of non-ortho nitro benzene ring substituents is 1. The summed E-state index contributed by atoms with van der Waals surface area (Å²) in [5.74, 6) is -0.322. The fraction of sp³-hybridized carbons (Fsp3) is 0.263. The maximum Gasteiger partial charge on any atom is 0.276 e. The van der Waals surface area contributed by atoms with Gasteiger partial charge in [0.15, 0.2) is 6.61 Å². The van der Waals surface area contributed by atoms with Gasteiger partial charge in [0.1, 0.15) is 5.75 Å². The molecule has 2 amide bonds. The average Bonchev–Trinajstić information content (AvgIpc) is 2.70. The highest BCUT2D eigenvalue weighted by atomic mass is 79.9. The van der Waals surface area contributed by atoms with Crippen LogP contribution in [0, 0.1) is 10.1 Å². The van der Waals surface area contributed by atoms with E-state index in [4.69, 9.17) is 4.74 Å². The predicted molar refractivity (Wildman–Crippen MR) is 107 cm³/mol. The molecule has 28 heavy (non-hydrogen) atoms. The van der Waals surface area contributed by atoms with Crippen molar-refractivity contribution < 1.29 is 19.2 Å². The molecule has 148 valence electrons. The lowest BCUT2D eigenvalue weighted by Crippen LogP contribution is -2.43. The number of amides is 2. The van der Waals surface area contributed by atoms with Gasteiger partial charge in [-0.2, -0.15) is 0 Å². The van der Waals surface area contributed by atoms with E-state index in [1.54, 1.807) is 6.07 Å². The van der Waals surface area contributed by atoms with Crippen LogP contribution in [0.2, 0.25) is 0 Å². The number of halogens is 1. The normalized spacial score (nSPS) is 11.4. The number of nitrogens with zero attached hydrogens (tertiary/aromatic N) is 1. The van der Waals surface area contributed by atoms with Crippen molar-refractivity contribution in [2.24, 2.45) is 0 Å². The molecule has 0 heterocycles. The number of benzene rings is 2. The lowest BCUT2D eigenvalue weighted by molar-refractivity contribution is -0.384. The summed E-state index contributed by atoms with van der Waals surface area (Å²) in [5.41, 5.74) is 5.41. The van der Waals surface area contributed by atoms with Crippen LogP contribution in [0.25, 0.3) is 0 Å². The molecule has 0 radical (unpaired) electrons. The van der Waals surface area contributed by atoms with Crippen molar-refractivity contribution in [3.05, 3.63) is 68.2 Å². The average molecular weight is 450 g/mol. The zero-order valence-corrected chi connectivity index (χ0v) is 17.0. The monoisotopic (exact) mass is 449 g/mol. The third-order valence-corrected chi connectivity index (χ3v) is 4.75. The first-order chi connectivity index (χ1) is 13.3. The Balaban J connectivity index is 1.87. The Morgan fingerprint density at radius 3 is 2.61 bits per heavy atom. The number of ether oxygens (including phenoxy) is 1. The Bertz CT molecular complexity index is 888. The van der Waals surface area contributed by atoms with E-state index in [1.807, 2.05) is 12.1 Å². The minimum absolute atomic E-state index is 0.0544. The summed E-state index contributed by atoms with van der Waals surface area (Å²) >= 11 is 3.42. The highest BCUT2D eigenvalue weighted by Crippen LogP contribution is 2.30. The van der Waals surface area contributed by atoms with E-state index >= 15 is 0 Å². The summed E-state index contributed by atoms with van der Waals surface area (Å²) < 4.78 is 6.19. The Kier molecular flexibility index (Phi) is 7.51. The first-order valence-electron chi connectivity index (χ1n) is 8.57. The highest BCUT2D eigenvalue weighted by Gasteiger charge is 2.13. The fourth-order valence-corrected chi connectivity index (χ4v) is 2.83. The SMILES string of the molecule is CCC(C)c1ccc(OCC(=O)NNC(=O)c2cccc([N+](=O)[O-])c2)c(Br)c1. The van der Waals surface area contributed by atoms with Crippen LogP contribution in [0.1, 0.15) is 42.1 Å². The Morgan fingerprint density at radius 1 is 1.21 bits per heavy atom. The van der Waals surface area contributed by atoms with Gasteiger partial charge >= 0.3 is 0 Å². The van der Waals surface area contributed by atoms with E-state index in [0.717, 1.165) is 22.5 Å². The molecule has 1 atom stereocenters. The molecule has 9 heteroatoms. The van der Waals surface area contributed by atoms with Crippen molar-refractivity contribution >= 4 is 33.4 Å². The molecule has 0 aliphatic heterocycles. The predicted octanol–water partition coefficient (Wildman–Crippen LogP) is 3.71. The van der Waals surface area contributed by atoms with Crippen LogP contribution in [0.3, 0.4) is 0 Å². The Hall–Kier alpha value is -2.94. The maximum atomic E-state index is 12.0. The molecule has 8 nitrogen and oxygen atoms in total. The summed E-state index contributed by atoms with van der Waals surface area (Å²) in [7, 11) is 0. The zero-order chi connectivity index (χ0) is 20.7. The van der Waals surface area contributed by atoms with Gasteiger partial charge in [-0.1, -0.05) is 26.0 Å². The van der Waals surface area contributed by atoms with Crippen molar-refractivity contribution in [1.29, 1.82) is 0 Å². The van der Waals surface area contributed by atoms with Crippen molar-refractivity contribution in [2.75, 3.05) is 6.61 Å². The van der Waals surface area contributed by atoms with Gasteiger partial charge in [0.25, 0.3) is 17.5 Å². The molecule has 2 aromatic rings. The molecule has 2 aromatic carbocycles. The number of nitro benzene ring substituents is 1. The minimum atomic E-state index is -0.670. The van der Waals surface area contributed by atoms with Gasteiger partial charge in [-0.3, -0.25) is 30.6 Å². The van der Waals surface area contributed by atoms with Crippen molar-refractivity contribution in [3.8, 4) is 5.75 Å². The lowest BCUT2D eigenvalue weighted by atomic mass is 9.99. The third-order valence-electron chi connectivity index (χ3n) is 4.13. The smallest absolute Gasteiger partial charge is 0.276 e. The summed E-state index contributed by atoms with van der Waals surface area (Å²) in [4.78, 5) is 34.0. The molecule has 0 bridgehead atoms. The second-order valence-corrected chi connectivity index (χ2v) is 6.95. The van der Waals surface area contributed by atoms with E-state index in [1.165, 1.54) is 18.2 Å². The van der Waals surface area contributed by atoms with E-state index in [9.17, 15) is 19.7 Å². The summed E-state index contributed by atoms with van der Waals surface area (Å²) in [5, 5.41) is 10.7. The number of hydrogen-bond acceptors (Lipinski definition) is 5. The molecule has 0 saturated heterocycles. The van der Waals surface area contributed by atoms with Crippen LogP contribution in [0.15, 0.2) is 46.9 Å². The van der Waals surface area contributed by atoms with Crippen LogP contribution < -0.4 is 15.6 Å². The topological polar surface area (TPSA) is 111 Å². The molecule has 0 saturated carbocycles. The number of carbonyl (C=O) groups is 2. The van der Waals surface area contributed by atoms with Crippen LogP contribution >= 0.6 is 15.9 Å². The van der Waals surface area contributed by atoms with E-state index in [2.05, 4.69) is 40.6 Å². The molecule has 0 aromatic heterocycles. The molecule has 1 unspecified atom stereocenters. The number of hydrazine groups is 1. The molecule has 0 fully saturated rings. The second-order valence-electron chi connectivity index (χ2n) is 6.10. The van der Waals surface area contributed by atoms with Crippen molar-refractivity contribution in [2.45, 2.75) is 26.2 Å². The van der Waals surface area contributed by atoms with Gasteiger partial charge in [-0.15, -0.1) is 0 Å². The first kappa shape index (κ1) is 21.4. The van der Waals surface area contributed by atoms with E-state index in [-0.39, 0.29) is 17.9 Å². The van der Waals surface area contributed by atoms with E-state index in [0.29, 0.717) is 11.7 Å². The molecule has 0 aliphatic rings. The minimum Gasteiger partial charge on any atom is -0.483 e. The number of nitro groups is 1. The molecule has 0 aliphatic carbocycles. The van der Waals surface area contributed by atoms with Gasteiger partial charge in [0.2, 0.25) is 0 Å². The van der Waals surface area contributed by atoms with Crippen LogP contribution in [0.4, 0.5) is 5.69 Å². The number of carbonyl (C=O) groups excluding carboxylic acids is 2. The highest BCUT2D eigenvalue weighted by molar-refractivity contribution is 9.10. The molecule has 0 spiro atoms. The van der Waals surface area contributed by atoms with Crippen LogP contribution in [0.5, 0.6) is 5.75 Å². The molecular formula is C19H20BrN3O5. The van der Waals surface area contributed by atoms with Gasteiger partial charge in [0, 0.05) is 17.7 Å². The van der Waals surface area contributed by atoms with Crippen LogP contribution in [-0.4, -0.2) is 23.3 Å². The molecular weight excluding hydrogens is 430 g/mol.